The van der Waals surface area contributed by atoms with Crippen LogP contribution in [0.5, 0.6) is 5.75 Å². The van der Waals surface area contributed by atoms with Crippen molar-refractivity contribution in [2.24, 2.45) is 5.92 Å². The Kier molecular flexibility index (Phi) is 4.83. The molecule has 5 nitrogen and oxygen atoms in total. The average Bonchev–Trinajstić information content (AvgIpc) is 3.09. The number of carbonyl (C=O) groups is 2. The fourth-order valence-electron chi connectivity index (χ4n) is 2.99. The number of aryl methyl sites for hydroxylation is 2. The molecule has 0 bridgehead atoms. The van der Waals surface area contributed by atoms with Crippen molar-refractivity contribution in [3.63, 3.8) is 0 Å². The molecule has 1 aliphatic rings. The third-order valence-corrected chi connectivity index (χ3v) is 4.38. The number of rotatable bonds is 6. The van der Waals surface area contributed by atoms with E-state index >= 15 is 0 Å². The van der Waals surface area contributed by atoms with Crippen LogP contribution in [0.3, 0.4) is 0 Å². The van der Waals surface area contributed by atoms with E-state index in [0.29, 0.717) is 23.5 Å². The molecule has 0 N–H and O–H groups in total. The van der Waals surface area contributed by atoms with Crippen molar-refractivity contribution >= 4 is 17.6 Å². The molecule has 0 aliphatic heterocycles. The van der Waals surface area contributed by atoms with Gasteiger partial charge in [-0.15, -0.1) is 0 Å². The van der Waals surface area contributed by atoms with Gasteiger partial charge in [-0.3, -0.25) is 9.59 Å². The van der Waals surface area contributed by atoms with Gasteiger partial charge in [0.05, 0.1) is 18.5 Å². The Morgan fingerprint density at radius 3 is 2.68 bits per heavy atom. The maximum atomic E-state index is 12.6. The maximum absolute atomic E-state index is 12.6. The molecular formula is C20H22N2O3. The normalized spacial score (nSPS) is 13.8. The second-order valence-corrected chi connectivity index (χ2v) is 6.59. The molecule has 0 saturated carbocycles. The van der Waals surface area contributed by atoms with Gasteiger partial charge in [0.15, 0.2) is 0 Å². The van der Waals surface area contributed by atoms with Crippen LogP contribution in [0.15, 0.2) is 36.4 Å². The highest BCUT2D eigenvalue weighted by atomic mass is 16.5. The molecule has 0 unspecified atom stereocenters. The van der Waals surface area contributed by atoms with Gasteiger partial charge in [-0.2, -0.15) is 0 Å². The number of imidazole rings is 1. The number of nitrogens with zero attached hydrogens (tertiary/aromatic N) is 2. The van der Waals surface area contributed by atoms with Crippen molar-refractivity contribution in [1.82, 2.24) is 9.55 Å². The number of allylic oxidation sites excluding steroid dienone is 1. The monoisotopic (exact) mass is 338 g/mol. The molecule has 25 heavy (non-hydrogen) atoms. The number of fused-ring (bicyclic) bond motifs is 1. The van der Waals surface area contributed by atoms with E-state index in [9.17, 15) is 9.59 Å². The van der Waals surface area contributed by atoms with Gasteiger partial charge < -0.3 is 9.30 Å². The Balaban J connectivity index is 1.82. The first-order valence-electron chi connectivity index (χ1n) is 8.51. The molecule has 1 heterocycles. The third kappa shape index (κ3) is 3.40. The SMILES string of the molecule is Cc1ccc2c(c1OCCCn1ccnc1)C(=O)C(=O)C(C(C)C)=C2. The number of hydrogen-bond acceptors (Lipinski definition) is 4. The maximum Gasteiger partial charge on any atom is 0.237 e. The molecule has 0 atom stereocenters. The summed E-state index contributed by atoms with van der Waals surface area (Å²) < 4.78 is 7.89. The summed E-state index contributed by atoms with van der Waals surface area (Å²) in [6.07, 6.45) is 8.00. The second kappa shape index (κ2) is 7.05. The molecule has 0 spiro atoms. The van der Waals surface area contributed by atoms with Crippen molar-refractivity contribution in [2.75, 3.05) is 6.61 Å². The van der Waals surface area contributed by atoms with Crippen molar-refractivity contribution in [3.8, 4) is 5.75 Å². The highest BCUT2D eigenvalue weighted by molar-refractivity contribution is 6.52. The number of ketones is 2. The molecule has 1 aromatic carbocycles. The lowest BCUT2D eigenvalue weighted by Gasteiger charge is -2.21. The van der Waals surface area contributed by atoms with Crippen molar-refractivity contribution in [2.45, 2.75) is 33.7 Å². The Morgan fingerprint density at radius 1 is 1.20 bits per heavy atom. The lowest BCUT2D eigenvalue weighted by atomic mass is 9.84. The minimum absolute atomic E-state index is 0.0189. The predicted octanol–water partition coefficient (Wildman–Crippen LogP) is 3.47. The zero-order valence-corrected chi connectivity index (χ0v) is 14.8. The summed E-state index contributed by atoms with van der Waals surface area (Å²) in [6.45, 7) is 6.99. The average molecular weight is 338 g/mol. The number of Topliss-reactive ketones (excluding diaryl/α,β-unsaturated/α-hetero) is 2. The summed E-state index contributed by atoms with van der Waals surface area (Å²) in [5.74, 6) is -0.336. The van der Waals surface area contributed by atoms with Crippen molar-refractivity contribution < 1.29 is 14.3 Å². The Labute approximate surface area is 147 Å². The molecule has 0 saturated heterocycles. The molecule has 1 aliphatic carbocycles. The van der Waals surface area contributed by atoms with E-state index in [4.69, 9.17) is 4.74 Å². The molecule has 0 radical (unpaired) electrons. The van der Waals surface area contributed by atoms with Gasteiger partial charge >= 0.3 is 0 Å². The summed E-state index contributed by atoms with van der Waals surface area (Å²) in [7, 11) is 0. The molecule has 5 heteroatoms. The molecule has 2 aromatic rings. The minimum atomic E-state index is -0.463. The second-order valence-electron chi connectivity index (χ2n) is 6.59. The summed E-state index contributed by atoms with van der Waals surface area (Å²) in [5, 5.41) is 0. The lowest BCUT2D eigenvalue weighted by Crippen LogP contribution is -2.25. The zero-order valence-electron chi connectivity index (χ0n) is 14.8. The van der Waals surface area contributed by atoms with Crippen LogP contribution < -0.4 is 4.74 Å². The fourth-order valence-corrected chi connectivity index (χ4v) is 2.99. The van der Waals surface area contributed by atoms with E-state index < -0.39 is 11.6 Å². The van der Waals surface area contributed by atoms with Crippen LogP contribution >= 0.6 is 0 Å². The van der Waals surface area contributed by atoms with E-state index in [1.807, 2.05) is 49.7 Å². The van der Waals surface area contributed by atoms with Crippen LogP contribution in [0.25, 0.3) is 6.08 Å². The lowest BCUT2D eigenvalue weighted by molar-refractivity contribution is -0.112. The van der Waals surface area contributed by atoms with E-state index in [1.165, 1.54) is 0 Å². The van der Waals surface area contributed by atoms with Gasteiger partial charge in [0.2, 0.25) is 11.6 Å². The first-order valence-corrected chi connectivity index (χ1v) is 8.51. The van der Waals surface area contributed by atoms with Gasteiger partial charge in [-0.1, -0.05) is 26.0 Å². The Bertz CT molecular complexity index is 833. The van der Waals surface area contributed by atoms with Crippen LogP contribution in [0.2, 0.25) is 0 Å². The van der Waals surface area contributed by atoms with Gasteiger partial charge in [0, 0.05) is 24.5 Å². The van der Waals surface area contributed by atoms with Gasteiger partial charge in [-0.25, -0.2) is 4.98 Å². The zero-order chi connectivity index (χ0) is 18.0. The van der Waals surface area contributed by atoms with Crippen molar-refractivity contribution in [3.05, 3.63) is 53.1 Å². The summed E-state index contributed by atoms with van der Waals surface area (Å²) in [6, 6.07) is 3.82. The summed E-state index contributed by atoms with van der Waals surface area (Å²) >= 11 is 0. The van der Waals surface area contributed by atoms with Gasteiger partial charge in [-0.05, 0) is 36.5 Å². The van der Waals surface area contributed by atoms with E-state index in [1.54, 1.807) is 12.5 Å². The van der Waals surface area contributed by atoms with Crippen LogP contribution in [0, 0.1) is 12.8 Å². The fraction of sp³-hybridized carbons (Fsp3) is 0.350. The number of carbonyl (C=O) groups excluding carboxylic acids is 2. The first kappa shape index (κ1) is 17.1. The first-order chi connectivity index (χ1) is 12.0. The van der Waals surface area contributed by atoms with E-state index in [-0.39, 0.29) is 5.92 Å². The molecule has 0 amide bonds. The van der Waals surface area contributed by atoms with Crippen LogP contribution in [0.4, 0.5) is 0 Å². The number of benzene rings is 1. The van der Waals surface area contributed by atoms with Crippen LogP contribution in [-0.4, -0.2) is 27.7 Å². The topological polar surface area (TPSA) is 61.2 Å². The molecule has 130 valence electrons. The van der Waals surface area contributed by atoms with Crippen LogP contribution in [0.1, 0.15) is 41.8 Å². The molecule has 1 aromatic heterocycles. The predicted molar refractivity (Wildman–Crippen MR) is 95.7 cm³/mol. The highest BCUT2D eigenvalue weighted by Gasteiger charge is 2.32. The van der Waals surface area contributed by atoms with E-state index in [0.717, 1.165) is 24.1 Å². The number of ether oxygens (including phenoxy) is 1. The smallest absolute Gasteiger partial charge is 0.237 e. The number of hydrogen-bond donors (Lipinski definition) is 0. The molecule has 0 fully saturated rings. The molecular weight excluding hydrogens is 316 g/mol. The Hall–Kier alpha value is -2.69. The van der Waals surface area contributed by atoms with Gasteiger partial charge in [0.25, 0.3) is 0 Å². The highest BCUT2D eigenvalue weighted by Crippen LogP contribution is 2.34. The molecule has 3 rings (SSSR count). The third-order valence-electron chi connectivity index (χ3n) is 4.38. The van der Waals surface area contributed by atoms with Crippen molar-refractivity contribution in [1.29, 1.82) is 0 Å². The summed E-state index contributed by atoms with van der Waals surface area (Å²) in [5.41, 5.74) is 2.59. The van der Waals surface area contributed by atoms with E-state index in [2.05, 4.69) is 4.98 Å². The summed E-state index contributed by atoms with van der Waals surface area (Å²) in [4.78, 5) is 29.0. The van der Waals surface area contributed by atoms with Gasteiger partial charge in [0.1, 0.15) is 5.75 Å². The largest absolute Gasteiger partial charge is 0.492 e. The minimum Gasteiger partial charge on any atom is -0.492 e. The quantitative estimate of drug-likeness (QED) is 0.598. The number of aromatic nitrogens is 2. The Morgan fingerprint density at radius 2 is 2.00 bits per heavy atom. The van der Waals surface area contributed by atoms with Crippen LogP contribution in [-0.2, 0) is 11.3 Å². The standard InChI is InChI=1S/C20H22N2O3/c1-13(2)16-11-15-6-5-14(3)20(17(15)19(24)18(16)23)25-10-4-8-22-9-7-21-12-22/h5-7,9,11-13H,4,8,10H2,1-3H3.